The average Bonchev–Trinajstić information content (AvgIpc) is 1.38. The van der Waals surface area contributed by atoms with E-state index >= 15 is 0 Å². The largest absolute Gasteiger partial charge is 0.316 e. The molecule has 0 aromatic heterocycles. The zero-order chi connectivity index (χ0) is 4.28. The van der Waals surface area contributed by atoms with E-state index in [1.165, 1.54) is 0 Å². The third-order valence-electron chi connectivity index (χ3n) is 0.224. The van der Waals surface area contributed by atoms with E-state index in [1.54, 1.807) is 13.8 Å². The lowest BCUT2D eigenvalue weighted by Gasteiger charge is -1.92. The molecule has 2 nitrogen and oxygen atoms in total. The van der Waals surface area contributed by atoms with Gasteiger partial charge < -0.3 is 5.21 Å². The van der Waals surface area contributed by atoms with Gasteiger partial charge in [0.15, 0.2) is 0 Å². The van der Waals surface area contributed by atoms with Crippen LogP contribution in [-0.4, -0.2) is 5.21 Å². The molecule has 1 radical (unpaired) electrons. The molecule has 0 aliphatic carbocycles. The van der Waals surface area contributed by atoms with Crippen molar-refractivity contribution < 1.29 is 5.21 Å². The van der Waals surface area contributed by atoms with Gasteiger partial charge in [-0.05, 0) is 13.8 Å². The summed E-state index contributed by atoms with van der Waals surface area (Å²) in [6.07, 6.45) is 0. The van der Waals surface area contributed by atoms with Gasteiger partial charge in [-0.1, -0.05) is 0 Å². The lowest BCUT2D eigenvalue weighted by Crippen LogP contribution is -2.07. The van der Waals surface area contributed by atoms with E-state index in [0.29, 0.717) is 0 Å². The number of hydroxylamine groups is 1. The SMILES string of the molecule is C[C](C)NO. The van der Waals surface area contributed by atoms with E-state index < -0.39 is 0 Å². The minimum absolute atomic E-state index is 0.810. The molecule has 5 heavy (non-hydrogen) atoms. The Hall–Kier alpha value is -0.0800. The highest BCUT2D eigenvalue weighted by molar-refractivity contribution is 4.64. The molecule has 31 valence electrons. The van der Waals surface area contributed by atoms with E-state index in [-0.39, 0.29) is 0 Å². The predicted molar refractivity (Wildman–Crippen MR) is 19.5 cm³/mol. The van der Waals surface area contributed by atoms with E-state index in [0.717, 1.165) is 6.04 Å². The quantitative estimate of drug-likeness (QED) is 0.445. The van der Waals surface area contributed by atoms with Gasteiger partial charge in [-0.3, -0.25) is 0 Å². The van der Waals surface area contributed by atoms with Gasteiger partial charge in [-0.15, -0.1) is 0 Å². The normalized spacial score (nSPS) is 9.60. The number of hydrogen-bond acceptors (Lipinski definition) is 2. The van der Waals surface area contributed by atoms with Crippen molar-refractivity contribution in [1.29, 1.82) is 0 Å². The lowest BCUT2D eigenvalue weighted by atomic mass is 10.4. The standard InChI is InChI=1S/C3H8NO/c1-3(2)4-5/h4-5H,1-2H3. The molecule has 0 aliphatic heterocycles. The first kappa shape index (κ1) is 4.92. The van der Waals surface area contributed by atoms with Crippen molar-refractivity contribution in [2.45, 2.75) is 13.8 Å². The highest BCUT2D eigenvalue weighted by atomic mass is 16.5. The second kappa shape index (κ2) is 2.18. The zero-order valence-corrected chi connectivity index (χ0v) is 3.45. The summed E-state index contributed by atoms with van der Waals surface area (Å²) in [7, 11) is 0. The second-order valence-corrected chi connectivity index (χ2v) is 1.11. The summed E-state index contributed by atoms with van der Waals surface area (Å²) in [6, 6.07) is 0.810. The Kier molecular flexibility index (Phi) is 2.14. The fourth-order valence-electron chi connectivity index (χ4n) is 0. The molecule has 0 rings (SSSR count). The summed E-state index contributed by atoms with van der Waals surface area (Å²) >= 11 is 0. The van der Waals surface area contributed by atoms with Crippen molar-refractivity contribution in [3.8, 4) is 0 Å². The summed E-state index contributed by atoms with van der Waals surface area (Å²) in [5.74, 6) is 0. The molecule has 0 bridgehead atoms. The molecule has 2 heteroatoms. The highest BCUT2D eigenvalue weighted by Crippen LogP contribution is 1.79. The monoisotopic (exact) mass is 74.1 g/mol. The predicted octanol–water partition coefficient (Wildman–Crippen LogP) is 0.537. The van der Waals surface area contributed by atoms with Crippen LogP contribution in [-0.2, 0) is 0 Å². The zero-order valence-electron chi connectivity index (χ0n) is 3.45. The van der Waals surface area contributed by atoms with Crippen molar-refractivity contribution in [3.63, 3.8) is 0 Å². The summed E-state index contributed by atoms with van der Waals surface area (Å²) in [6.45, 7) is 3.56. The minimum Gasteiger partial charge on any atom is -0.316 e. The molecule has 0 amide bonds. The fourth-order valence-corrected chi connectivity index (χ4v) is 0. The van der Waals surface area contributed by atoms with Gasteiger partial charge in [0.25, 0.3) is 0 Å². The maximum Gasteiger partial charge on any atom is 0.0571 e. The van der Waals surface area contributed by atoms with Crippen molar-refractivity contribution >= 4 is 0 Å². The van der Waals surface area contributed by atoms with Crippen LogP contribution < -0.4 is 5.48 Å². The van der Waals surface area contributed by atoms with Gasteiger partial charge >= 0.3 is 0 Å². The molecule has 0 saturated heterocycles. The van der Waals surface area contributed by atoms with Gasteiger partial charge in [0.05, 0.1) is 6.04 Å². The smallest absolute Gasteiger partial charge is 0.0571 e. The fraction of sp³-hybridized carbons (Fsp3) is 0.667. The average molecular weight is 74.1 g/mol. The van der Waals surface area contributed by atoms with Gasteiger partial charge in [-0.2, -0.15) is 5.48 Å². The topological polar surface area (TPSA) is 32.3 Å². The molecule has 0 heterocycles. The number of rotatable bonds is 1. The molecule has 2 N–H and O–H groups in total. The molecule has 0 fully saturated rings. The molecule has 0 atom stereocenters. The molecule has 0 aromatic rings. The maximum absolute atomic E-state index is 7.86. The van der Waals surface area contributed by atoms with Crippen LogP contribution in [0.4, 0.5) is 0 Å². The van der Waals surface area contributed by atoms with Crippen LogP contribution in [0.5, 0.6) is 0 Å². The molecule has 0 unspecified atom stereocenters. The van der Waals surface area contributed by atoms with Crippen LogP contribution in [0.2, 0.25) is 0 Å². The Morgan fingerprint density at radius 1 is 1.60 bits per heavy atom. The Balaban J connectivity index is 2.54. The molecule has 0 spiro atoms. The van der Waals surface area contributed by atoms with Crippen molar-refractivity contribution in [2.75, 3.05) is 0 Å². The third-order valence-corrected chi connectivity index (χ3v) is 0.224. The summed E-state index contributed by atoms with van der Waals surface area (Å²) in [4.78, 5) is 0. The van der Waals surface area contributed by atoms with Gasteiger partial charge in [0.2, 0.25) is 0 Å². The van der Waals surface area contributed by atoms with Gasteiger partial charge in [-0.25, -0.2) is 0 Å². The molecule has 0 aromatic carbocycles. The Labute approximate surface area is 31.8 Å². The van der Waals surface area contributed by atoms with Crippen LogP contribution in [0.15, 0.2) is 0 Å². The highest BCUT2D eigenvalue weighted by Gasteiger charge is 1.80. The summed E-state index contributed by atoms with van der Waals surface area (Å²) in [5.41, 5.74) is 1.94. The summed E-state index contributed by atoms with van der Waals surface area (Å²) in [5, 5.41) is 7.86. The molecule has 0 saturated carbocycles. The maximum atomic E-state index is 7.86. The Morgan fingerprint density at radius 3 is 1.80 bits per heavy atom. The third kappa shape index (κ3) is 3.92. The first-order valence-corrected chi connectivity index (χ1v) is 1.47. The van der Waals surface area contributed by atoms with Gasteiger partial charge in [0, 0.05) is 0 Å². The van der Waals surface area contributed by atoms with E-state index in [9.17, 15) is 0 Å². The van der Waals surface area contributed by atoms with Crippen molar-refractivity contribution in [1.82, 2.24) is 5.48 Å². The Bertz CT molecular complexity index is 20.9. The summed E-state index contributed by atoms with van der Waals surface area (Å²) < 4.78 is 0. The van der Waals surface area contributed by atoms with Crippen LogP contribution >= 0.6 is 0 Å². The van der Waals surface area contributed by atoms with Crippen molar-refractivity contribution in [3.05, 3.63) is 6.04 Å². The van der Waals surface area contributed by atoms with Crippen molar-refractivity contribution in [2.24, 2.45) is 0 Å². The number of hydrogen-bond donors (Lipinski definition) is 2. The first-order chi connectivity index (χ1) is 2.27. The van der Waals surface area contributed by atoms with Gasteiger partial charge in [0.1, 0.15) is 0 Å². The lowest BCUT2D eigenvalue weighted by molar-refractivity contribution is 0.176. The molecule has 0 aliphatic rings. The Morgan fingerprint density at radius 2 is 1.80 bits per heavy atom. The van der Waals surface area contributed by atoms with Crippen LogP contribution in [0.25, 0.3) is 0 Å². The van der Waals surface area contributed by atoms with E-state index in [2.05, 4.69) is 0 Å². The van der Waals surface area contributed by atoms with Crippen LogP contribution in [0, 0.1) is 6.04 Å². The number of nitrogens with one attached hydrogen (secondary N) is 1. The van der Waals surface area contributed by atoms with Crippen LogP contribution in [0.3, 0.4) is 0 Å². The van der Waals surface area contributed by atoms with E-state index in [4.69, 9.17) is 5.21 Å². The minimum atomic E-state index is 0.810. The molecular formula is C3H8NO. The first-order valence-electron chi connectivity index (χ1n) is 1.47. The van der Waals surface area contributed by atoms with E-state index in [1.807, 2.05) is 5.48 Å². The second-order valence-electron chi connectivity index (χ2n) is 1.11. The molecular weight excluding hydrogens is 66.0 g/mol. The van der Waals surface area contributed by atoms with Crippen LogP contribution in [0.1, 0.15) is 13.8 Å².